The molecular weight excluding hydrogens is 232 g/mol. The Bertz CT molecular complexity index is 353. The van der Waals surface area contributed by atoms with Gasteiger partial charge in [-0.1, -0.05) is 0 Å². The zero-order chi connectivity index (χ0) is 13.0. The summed E-state index contributed by atoms with van der Waals surface area (Å²) < 4.78 is 13.1. The molecule has 0 spiro atoms. The van der Waals surface area contributed by atoms with Crippen molar-refractivity contribution in [3.05, 3.63) is 11.9 Å². The second-order valence-corrected chi connectivity index (χ2v) is 4.46. The summed E-state index contributed by atoms with van der Waals surface area (Å²) in [5.41, 5.74) is 3.82. The van der Waals surface area contributed by atoms with E-state index in [0.29, 0.717) is 0 Å². The number of rotatable bonds is 5. The Balaban J connectivity index is 2.27. The summed E-state index contributed by atoms with van der Waals surface area (Å²) in [4.78, 5) is 0. The summed E-state index contributed by atoms with van der Waals surface area (Å²) in [6.45, 7) is 3.63. The molecule has 0 amide bonds. The van der Waals surface area contributed by atoms with Crippen LogP contribution in [0.25, 0.3) is 0 Å². The van der Waals surface area contributed by atoms with Gasteiger partial charge in [-0.3, -0.25) is 10.5 Å². The minimum absolute atomic E-state index is 0.0808. The molecule has 2 atom stereocenters. The van der Waals surface area contributed by atoms with Crippen LogP contribution in [-0.2, 0) is 11.3 Å². The van der Waals surface area contributed by atoms with Gasteiger partial charge in [0.25, 0.3) is 0 Å². The lowest BCUT2D eigenvalue weighted by molar-refractivity contribution is -0.0105. The number of ether oxygens (including phenoxy) is 2. The van der Waals surface area contributed by atoms with Crippen molar-refractivity contribution < 1.29 is 9.47 Å². The molecule has 1 aromatic rings. The van der Waals surface area contributed by atoms with E-state index < -0.39 is 0 Å². The monoisotopic (exact) mass is 254 g/mol. The maximum Gasteiger partial charge on any atom is 0.161 e. The van der Waals surface area contributed by atoms with Crippen LogP contribution in [0.2, 0.25) is 0 Å². The Morgan fingerprint density at radius 1 is 1.67 bits per heavy atom. The predicted molar refractivity (Wildman–Crippen MR) is 68.1 cm³/mol. The van der Waals surface area contributed by atoms with E-state index in [2.05, 4.69) is 10.5 Å². The quantitative estimate of drug-likeness (QED) is 0.605. The van der Waals surface area contributed by atoms with Gasteiger partial charge < -0.3 is 9.47 Å². The van der Waals surface area contributed by atoms with Gasteiger partial charge in [0, 0.05) is 13.2 Å². The molecule has 0 aromatic carbocycles. The van der Waals surface area contributed by atoms with Gasteiger partial charge in [0.05, 0.1) is 25.5 Å². The molecule has 2 rings (SSSR count). The molecule has 2 unspecified atom stereocenters. The van der Waals surface area contributed by atoms with Gasteiger partial charge in [0.2, 0.25) is 0 Å². The van der Waals surface area contributed by atoms with Crippen molar-refractivity contribution in [3.8, 4) is 5.75 Å². The van der Waals surface area contributed by atoms with Gasteiger partial charge >= 0.3 is 0 Å². The highest BCUT2D eigenvalue weighted by Gasteiger charge is 2.30. The Morgan fingerprint density at radius 2 is 2.50 bits per heavy atom. The molecule has 6 nitrogen and oxygen atoms in total. The van der Waals surface area contributed by atoms with Crippen molar-refractivity contribution in [1.29, 1.82) is 0 Å². The molecule has 1 aromatic heterocycles. The number of hydrogen-bond donors (Lipinski definition) is 2. The predicted octanol–water partition coefficient (Wildman–Crippen LogP) is 0.985. The summed E-state index contributed by atoms with van der Waals surface area (Å²) >= 11 is 0. The third kappa shape index (κ3) is 2.50. The van der Waals surface area contributed by atoms with Crippen LogP contribution in [0.1, 0.15) is 37.9 Å². The average Bonchev–Trinajstić information content (AvgIpc) is 2.84. The van der Waals surface area contributed by atoms with E-state index >= 15 is 0 Å². The minimum atomic E-state index is -0.0808. The standard InChI is InChI=1S/C12H22N4O2/c1-3-16-12(10(17-2)8-14-16)11(15-13)9-6-4-5-7-18-9/h8-9,11,15H,3-7,13H2,1-2H3. The highest BCUT2D eigenvalue weighted by Crippen LogP contribution is 2.31. The number of nitrogens with one attached hydrogen (secondary N) is 1. The molecule has 1 fully saturated rings. The van der Waals surface area contributed by atoms with Crippen molar-refractivity contribution in [1.82, 2.24) is 15.2 Å². The van der Waals surface area contributed by atoms with E-state index in [1.54, 1.807) is 13.3 Å². The molecule has 2 heterocycles. The average molecular weight is 254 g/mol. The van der Waals surface area contributed by atoms with Crippen LogP contribution in [0.4, 0.5) is 0 Å². The lowest BCUT2D eigenvalue weighted by Crippen LogP contribution is -2.40. The van der Waals surface area contributed by atoms with Crippen LogP contribution in [0.15, 0.2) is 6.20 Å². The van der Waals surface area contributed by atoms with E-state index in [1.165, 1.54) is 6.42 Å². The molecule has 6 heteroatoms. The molecule has 0 aliphatic carbocycles. The van der Waals surface area contributed by atoms with Crippen molar-refractivity contribution in [2.75, 3.05) is 13.7 Å². The number of hydrazine groups is 1. The lowest BCUT2D eigenvalue weighted by atomic mass is 9.99. The summed E-state index contributed by atoms with van der Waals surface area (Å²) in [6, 6.07) is -0.0808. The van der Waals surface area contributed by atoms with Crippen molar-refractivity contribution in [2.45, 2.75) is 44.9 Å². The van der Waals surface area contributed by atoms with E-state index in [4.69, 9.17) is 15.3 Å². The molecule has 1 saturated heterocycles. The molecule has 1 aliphatic rings. The minimum Gasteiger partial charge on any atom is -0.493 e. The first kappa shape index (κ1) is 13.3. The maximum absolute atomic E-state index is 5.81. The van der Waals surface area contributed by atoms with Crippen molar-refractivity contribution in [2.24, 2.45) is 5.84 Å². The smallest absolute Gasteiger partial charge is 0.161 e. The van der Waals surface area contributed by atoms with Crippen molar-refractivity contribution in [3.63, 3.8) is 0 Å². The fraction of sp³-hybridized carbons (Fsp3) is 0.750. The Morgan fingerprint density at radius 3 is 3.06 bits per heavy atom. The second-order valence-electron chi connectivity index (χ2n) is 4.46. The zero-order valence-corrected chi connectivity index (χ0v) is 11.1. The first-order valence-corrected chi connectivity index (χ1v) is 6.49. The highest BCUT2D eigenvalue weighted by atomic mass is 16.5. The van der Waals surface area contributed by atoms with Crippen LogP contribution in [-0.4, -0.2) is 29.6 Å². The third-order valence-electron chi connectivity index (χ3n) is 3.43. The molecule has 102 valence electrons. The molecular formula is C12H22N4O2. The van der Waals surface area contributed by atoms with Gasteiger partial charge in [-0.15, -0.1) is 0 Å². The summed E-state index contributed by atoms with van der Waals surface area (Å²) in [5.74, 6) is 6.47. The molecule has 0 radical (unpaired) electrons. The van der Waals surface area contributed by atoms with Crippen LogP contribution in [0.5, 0.6) is 5.75 Å². The fourth-order valence-electron chi connectivity index (χ4n) is 2.49. The van der Waals surface area contributed by atoms with Crippen LogP contribution in [0, 0.1) is 0 Å². The number of nitrogens with two attached hydrogens (primary N) is 1. The van der Waals surface area contributed by atoms with E-state index in [0.717, 1.165) is 37.4 Å². The zero-order valence-electron chi connectivity index (χ0n) is 11.1. The Labute approximate surface area is 107 Å². The molecule has 0 bridgehead atoms. The number of aromatic nitrogens is 2. The highest BCUT2D eigenvalue weighted by molar-refractivity contribution is 5.29. The first-order valence-electron chi connectivity index (χ1n) is 6.49. The van der Waals surface area contributed by atoms with Crippen LogP contribution in [0.3, 0.4) is 0 Å². The van der Waals surface area contributed by atoms with Gasteiger partial charge in [-0.2, -0.15) is 5.10 Å². The summed E-state index contributed by atoms with van der Waals surface area (Å²) in [5, 5.41) is 4.31. The Kier molecular flexibility index (Phi) is 4.57. The van der Waals surface area contributed by atoms with Crippen LogP contribution >= 0.6 is 0 Å². The third-order valence-corrected chi connectivity index (χ3v) is 3.43. The normalized spacial score (nSPS) is 21.8. The SMILES string of the molecule is CCn1ncc(OC)c1C(NN)C1CCCCO1. The molecule has 3 N–H and O–H groups in total. The van der Waals surface area contributed by atoms with Crippen LogP contribution < -0.4 is 16.0 Å². The van der Waals surface area contributed by atoms with E-state index in [9.17, 15) is 0 Å². The molecule has 18 heavy (non-hydrogen) atoms. The van der Waals surface area contributed by atoms with Gasteiger partial charge in [-0.05, 0) is 26.2 Å². The van der Waals surface area contributed by atoms with Crippen molar-refractivity contribution >= 4 is 0 Å². The topological polar surface area (TPSA) is 74.3 Å². The van der Waals surface area contributed by atoms with Gasteiger partial charge in [0.1, 0.15) is 5.69 Å². The molecule has 1 aliphatic heterocycles. The number of nitrogens with zero attached hydrogens (tertiary/aromatic N) is 2. The maximum atomic E-state index is 5.81. The largest absolute Gasteiger partial charge is 0.493 e. The molecule has 0 saturated carbocycles. The fourth-order valence-corrected chi connectivity index (χ4v) is 2.49. The van der Waals surface area contributed by atoms with Gasteiger partial charge in [-0.25, -0.2) is 5.43 Å². The number of methoxy groups -OCH3 is 1. The summed E-state index contributed by atoms with van der Waals surface area (Å²) in [7, 11) is 1.65. The number of aryl methyl sites for hydroxylation is 1. The lowest BCUT2D eigenvalue weighted by Gasteiger charge is -2.30. The first-order chi connectivity index (χ1) is 8.81. The summed E-state index contributed by atoms with van der Waals surface area (Å²) in [6.07, 6.45) is 5.11. The van der Waals surface area contributed by atoms with Gasteiger partial charge in [0.15, 0.2) is 5.75 Å². The Hall–Kier alpha value is -1.11. The van der Waals surface area contributed by atoms with E-state index in [1.807, 2.05) is 11.6 Å². The number of hydrogen-bond acceptors (Lipinski definition) is 5. The van der Waals surface area contributed by atoms with E-state index in [-0.39, 0.29) is 12.1 Å². The second kappa shape index (κ2) is 6.17.